The molecule has 82 valence electrons. The molecular formula is C12H10F2N2. The number of halogens is 2. The first-order chi connectivity index (χ1) is 7.68. The van der Waals surface area contributed by atoms with Crippen LogP contribution in [0.15, 0.2) is 42.6 Å². The molecule has 0 saturated heterocycles. The van der Waals surface area contributed by atoms with Crippen molar-refractivity contribution in [1.82, 2.24) is 4.98 Å². The van der Waals surface area contributed by atoms with Crippen LogP contribution < -0.4 is 5.73 Å². The molecule has 0 fully saturated rings. The number of nitrogens with two attached hydrogens (primary N) is 1. The molecule has 0 saturated carbocycles. The Morgan fingerprint density at radius 1 is 1.06 bits per heavy atom. The van der Waals surface area contributed by atoms with Crippen LogP contribution in [-0.4, -0.2) is 4.98 Å². The molecule has 16 heavy (non-hydrogen) atoms. The molecule has 4 heteroatoms. The van der Waals surface area contributed by atoms with Crippen molar-refractivity contribution < 1.29 is 8.78 Å². The standard InChI is InChI=1S/C12H10F2N2/c13-9-5-3-8(4-6-9)11(15)12-10(14)2-1-7-16-12/h1-7,11H,15H2/t11-/m0/s1. The fraction of sp³-hybridized carbons (Fsp3) is 0.0833. The predicted octanol–water partition coefficient (Wildman–Crippen LogP) is 2.41. The van der Waals surface area contributed by atoms with Gasteiger partial charge in [-0.1, -0.05) is 12.1 Å². The third-order valence-corrected chi connectivity index (χ3v) is 2.31. The number of aromatic nitrogens is 1. The largest absolute Gasteiger partial charge is 0.319 e. The average molecular weight is 220 g/mol. The normalized spacial score (nSPS) is 12.4. The molecule has 1 aromatic carbocycles. The lowest BCUT2D eigenvalue weighted by Crippen LogP contribution is -2.15. The van der Waals surface area contributed by atoms with Crippen LogP contribution in [0.3, 0.4) is 0 Å². The van der Waals surface area contributed by atoms with Crippen LogP contribution in [0.25, 0.3) is 0 Å². The maximum absolute atomic E-state index is 13.4. The van der Waals surface area contributed by atoms with Gasteiger partial charge in [-0.25, -0.2) is 8.78 Å². The minimum absolute atomic E-state index is 0.161. The number of hydrogen-bond donors (Lipinski definition) is 1. The second-order valence-electron chi connectivity index (χ2n) is 3.40. The molecule has 0 bridgehead atoms. The monoisotopic (exact) mass is 220 g/mol. The van der Waals surface area contributed by atoms with Gasteiger partial charge in [-0.2, -0.15) is 0 Å². The first-order valence-corrected chi connectivity index (χ1v) is 4.80. The SMILES string of the molecule is N[C@@H](c1ccc(F)cc1)c1ncccc1F. The molecule has 2 aromatic rings. The highest BCUT2D eigenvalue weighted by Gasteiger charge is 2.14. The van der Waals surface area contributed by atoms with E-state index in [0.29, 0.717) is 5.56 Å². The summed E-state index contributed by atoms with van der Waals surface area (Å²) >= 11 is 0. The molecule has 0 spiro atoms. The predicted molar refractivity (Wildman–Crippen MR) is 56.6 cm³/mol. The number of rotatable bonds is 2. The number of pyridine rings is 1. The fourth-order valence-corrected chi connectivity index (χ4v) is 1.45. The Morgan fingerprint density at radius 2 is 1.75 bits per heavy atom. The Bertz CT molecular complexity index is 483. The van der Waals surface area contributed by atoms with Crippen molar-refractivity contribution >= 4 is 0 Å². The summed E-state index contributed by atoms with van der Waals surface area (Å²) in [5.74, 6) is -0.809. The maximum Gasteiger partial charge on any atom is 0.146 e. The molecule has 0 unspecified atom stereocenters. The van der Waals surface area contributed by atoms with E-state index >= 15 is 0 Å². The Kier molecular flexibility index (Phi) is 2.92. The minimum atomic E-state index is -0.679. The van der Waals surface area contributed by atoms with Gasteiger partial charge in [0.15, 0.2) is 0 Å². The molecule has 0 aliphatic rings. The van der Waals surface area contributed by atoms with Gasteiger partial charge in [-0.3, -0.25) is 4.98 Å². The van der Waals surface area contributed by atoms with E-state index < -0.39 is 11.9 Å². The van der Waals surface area contributed by atoms with Gasteiger partial charge in [0.2, 0.25) is 0 Å². The summed E-state index contributed by atoms with van der Waals surface area (Å²) in [7, 11) is 0. The molecule has 1 aromatic heterocycles. The number of hydrogen-bond acceptors (Lipinski definition) is 2. The van der Waals surface area contributed by atoms with Crippen LogP contribution in [0.5, 0.6) is 0 Å². The lowest BCUT2D eigenvalue weighted by Gasteiger charge is -2.11. The van der Waals surface area contributed by atoms with E-state index in [9.17, 15) is 8.78 Å². The smallest absolute Gasteiger partial charge is 0.146 e. The van der Waals surface area contributed by atoms with E-state index in [1.54, 1.807) is 0 Å². The molecule has 2 nitrogen and oxygen atoms in total. The third kappa shape index (κ3) is 2.06. The van der Waals surface area contributed by atoms with Crippen LogP contribution in [0.1, 0.15) is 17.3 Å². The zero-order chi connectivity index (χ0) is 11.5. The summed E-state index contributed by atoms with van der Waals surface area (Å²) in [6, 6.07) is 7.73. The van der Waals surface area contributed by atoms with E-state index in [1.165, 1.54) is 42.6 Å². The molecule has 0 radical (unpaired) electrons. The number of benzene rings is 1. The van der Waals surface area contributed by atoms with Gasteiger partial charge in [-0.15, -0.1) is 0 Å². The quantitative estimate of drug-likeness (QED) is 0.844. The summed E-state index contributed by atoms with van der Waals surface area (Å²) in [6.45, 7) is 0. The fourth-order valence-electron chi connectivity index (χ4n) is 1.45. The van der Waals surface area contributed by atoms with Crippen LogP contribution in [-0.2, 0) is 0 Å². The van der Waals surface area contributed by atoms with E-state index in [4.69, 9.17) is 5.73 Å². The van der Waals surface area contributed by atoms with E-state index in [1.807, 2.05) is 0 Å². The van der Waals surface area contributed by atoms with Crippen molar-refractivity contribution in [3.05, 3.63) is 65.5 Å². The lowest BCUT2D eigenvalue weighted by atomic mass is 10.0. The summed E-state index contributed by atoms with van der Waals surface area (Å²) in [4.78, 5) is 3.88. The van der Waals surface area contributed by atoms with Crippen LogP contribution in [0, 0.1) is 11.6 Å². The highest BCUT2D eigenvalue weighted by molar-refractivity contribution is 5.28. The second-order valence-corrected chi connectivity index (χ2v) is 3.40. The van der Waals surface area contributed by atoms with Crippen LogP contribution in [0.2, 0.25) is 0 Å². The van der Waals surface area contributed by atoms with Crippen molar-refractivity contribution in [1.29, 1.82) is 0 Å². The topological polar surface area (TPSA) is 38.9 Å². The highest BCUT2D eigenvalue weighted by Crippen LogP contribution is 2.19. The lowest BCUT2D eigenvalue weighted by molar-refractivity contribution is 0.585. The zero-order valence-electron chi connectivity index (χ0n) is 8.40. The van der Waals surface area contributed by atoms with E-state index in [0.717, 1.165) is 0 Å². The third-order valence-electron chi connectivity index (χ3n) is 2.31. The molecule has 2 rings (SSSR count). The van der Waals surface area contributed by atoms with Gasteiger partial charge in [0.25, 0.3) is 0 Å². The molecule has 1 heterocycles. The molecule has 0 aliphatic heterocycles. The summed E-state index contributed by atoms with van der Waals surface area (Å²) < 4.78 is 26.1. The second kappa shape index (κ2) is 4.37. The molecular weight excluding hydrogens is 210 g/mol. The highest BCUT2D eigenvalue weighted by atomic mass is 19.1. The van der Waals surface area contributed by atoms with Crippen molar-refractivity contribution in [3.63, 3.8) is 0 Å². The summed E-state index contributed by atoms with van der Waals surface area (Å²) in [5, 5.41) is 0. The van der Waals surface area contributed by atoms with E-state index in [-0.39, 0.29) is 11.5 Å². The summed E-state index contributed by atoms with van der Waals surface area (Å²) in [6.07, 6.45) is 1.47. The Balaban J connectivity index is 2.35. The Hall–Kier alpha value is -1.81. The summed E-state index contributed by atoms with van der Waals surface area (Å²) in [5.41, 5.74) is 6.63. The van der Waals surface area contributed by atoms with Crippen LogP contribution in [0.4, 0.5) is 8.78 Å². The van der Waals surface area contributed by atoms with Crippen molar-refractivity contribution in [2.24, 2.45) is 5.73 Å². The van der Waals surface area contributed by atoms with Crippen molar-refractivity contribution in [2.75, 3.05) is 0 Å². The van der Waals surface area contributed by atoms with Gasteiger partial charge in [0.05, 0.1) is 11.7 Å². The zero-order valence-corrected chi connectivity index (χ0v) is 8.40. The molecule has 0 aliphatic carbocycles. The van der Waals surface area contributed by atoms with Crippen molar-refractivity contribution in [3.8, 4) is 0 Å². The Morgan fingerprint density at radius 3 is 2.38 bits per heavy atom. The first-order valence-electron chi connectivity index (χ1n) is 4.80. The number of nitrogens with zero attached hydrogens (tertiary/aromatic N) is 1. The van der Waals surface area contributed by atoms with Gasteiger partial charge in [0, 0.05) is 6.20 Å². The van der Waals surface area contributed by atoms with Crippen LogP contribution >= 0.6 is 0 Å². The van der Waals surface area contributed by atoms with E-state index in [2.05, 4.69) is 4.98 Å². The molecule has 1 atom stereocenters. The van der Waals surface area contributed by atoms with Gasteiger partial charge < -0.3 is 5.73 Å². The molecule has 0 amide bonds. The average Bonchev–Trinajstić information content (AvgIpc) is 2.30. The maximum atomic E-state index is 13.4. The minimum Gasteiger partial charge on any atom is -0.319 e. The Labute approximate surface area is 91.7 Å². The van der Waals surface area contributed by atoms with Gasteiger partial charge in [-0.05, 0) is 29.8 Å². The van der Waals surface area contributed by atoms with Gasteiger partial charge >= 0.3 is 0 Å². The molecule has 2 N–H and O–H groups in total. The first kappa shape index (κ1) is 10.7. The van der Waals surface area contributed by atoms with Crippen molar-refractivity contribution in [2.45, 2.75) is 6.04 Å². The van der Waals surface area contributed by atoms with Gasteiger partial charge in [0.1, 0.15) is 11.6 Å².